The van der Waals surface area contributed by atoms with Crippen LogP contribution in [-0.2, 0) is 36.1 Å². The molecule has 2 amide bonds. The average molecular weight is 763 g/mol. The van der Waals surface area contributed by atoms with E-state index < -0.39 is 0 Å². The van der Waals surface area contributed by atoms with E-state index >= 15 is 0 Å². The van der Waals surface area contributed by atoms with E-state index in [2.05, 4.69) is 25.9 Å². The fourth-order valence-electron chi connectivity index (χ4n) is 10.1. The van der Waals surface area contributed by atoms with Crippen LogP contribution in [0.2, 0.25) is 0 Å². The Labute approximate surface area is 328 Å². The van der Waals surface area contributed by atoms with Crippen LogP contribution in [0.5, 0.6) is 0 Å². The van der Waals surface area contributed by atoms with Crippen molar-refractivity contribution in [3.05, 3.63) is 82.2 Å². The van der Waals surface area contributed by atoms with Gasteiger partial charge in [0.1, 0.15) is 0 Å². The molecule has 13 heteroatoms. The Hall–Kier alpha value is -4.85. The monoisotopic (exact) mass is 762 g/mol. The van der Waals surface area contributed by atoms with E-state index in [4.69, 9.17) is 9.72 Å². The second-order valence-electron chi connectivity index (χ2n) is 16.5. The van der Waals surface area contributed by atoms with Crippen LogP contribution in [0.3, 0.4) is 0 Å². The van der Waals surface area contributed by atoms with E-state index in [1.54, 1.807) is 0 Å². The number of aliphatic hydroxyl groups excluding tert-OH is 1. The number of amides is 2. The fourth-order valence-corrected chi connectivity index (χ4v) is 10.1. The van der Waals surface area contributed by atoms with E-state index in [1.165, 1.54) is 7.11 Å². The van der Waals surface area contributed by atoms with Crippen molar-refractivity contribution < 1.29 is 24.2 Å². The van der Waals surface area contributed by atoms with Crippen LogP contribution in [0, 0.1) is 24.7 Å². The molecule has 296 valence electrons. The molecule has 4 N–H and O–H groups in total. The minimum absolute atomic E-state index is 0.0290. The largest absolute Gasteiger partial charge is 0.469 e. The molecule has 1 unspecified atom stereocenters. The minimum Gasteiger partial charge on any atom is -0.469 e. The van der Waals surface area contributed by atoms with E-state index in [9.17, 15) is 19.5 Å². The second kappa shape index (κ2) is 15.2. The molecule has 56 heavy (non-hydrogen) atoms. The van der Waals surface area contributed by atoms with Crippen LogP contribution in [0.15, 0.2) is 42.5 Å². The van der Waals surface area contributed by atoms with Gasteiger partial charge in [-0.1, -0.05) is 24.3 Å². The number of ether oxygens (including phenoxy) is 1. The number of nitrogens with zero attached hydrogens (tertiary/aromatic N) is 5. The van der Waals surface area contributed by atoms with Gasteiger partial charge in [0.2, 0.25) is 0 Å². The first kappa shape index (κ1) is 38.0. The Morgan fingerprint density at radius 3 is 2.34 bits per heavy atom. The van der Waals surface area contributed by atoms with Gasteiger partial charge in [0.05, 0.1) is 30.5 Å². The van der Waals surface area contributed by atoms with Gasteiger partial charge in [0, 0.05) is 62.8 Å². The normalized spacial score (nSPS) is 22.8. The number of esters is 1. The molecule has 2 aliphatic carbocycles. The van der Waals surface area contributed by atoms with Crippen molar-refractivity contribution in [2.24, 2.45) is 17.9 Å². The van der Waals surface area contributed by atoms with E-state index in [-0.39, 0.29) is 41.3 Å². The molecule has 0 saturated heterocycles. The van der Waals surface area contributed by atoms with E-state index in [1.807, 2.05) is 72.6 Å². The summed E-state index contributed by atoms with van der Waals surface area (Å²) in [5, 5.41) is 23.5. The van der Waals surface area contributed by atoms with Crippen LogP contribution in [0.1, 0.15) is 107 Å². The first-order chi connectivity index (χ1) is 27.0. The summed E-state index contributed by atoms with van der Waals surface area (Å²) in [6.45, 7) is 7.86. The van der Waals surface area contributed by atoms with Gasteiger partial charge in [0.15, 0.2) is 11.5 Å². The lowest BCUT2D eigenvalue weighted by Crippen LogP contribution is -2.34. The quantitative estimate of drug-likeness (QED) is 0.133. The highest BCUT2D eigenvalue weighted by molar-refractivity contribution is 6.05. The topological polar surface area (TPSA) is 156 Å². The molecule has 2 aliphatic heterocycles. The van der Waals surface area contributed by atoms with Crippen LogP contribution >= 0.6 is 0 Å². The van der Waals surface area contributed by atoms with E-state index in [0.717, 1.165) is 117 Å². The number of hydrogen-bond donors (Lipinski definition) is 4. The molecule has 4 aromatic rings. The third-order valence-corrected chi connectivity index (χ3v) is 13.3. The molecule has 2 aromatic carbocycles. The Kier molecular flexibility index (Phi) is 10.4. The van der Waals surface area contributed by atoms with Crippen LogP contribution in [0.4, 0.5) is 11.4 Å². The summed E-state index contributed by atoms with van der Waals surface area (Å²) in [4.78, 5) is 47.2. The van der Waals surface area contributed by atoms with Crippen molar-refractivity contribution in [2.45, 2.75) is 90.8 Å². The summed E-state index contributed by atoms with van der Waals surface area (Å²) in [6, 6.07) is 13.6. The number of fused-ring (bicyclic) bond motifs is 4. The summed E-state index contributed by atoms with van der Waals surface area (Å²) < 4.78 is 9.01. The van der Waals surface area contributed by atoms with Crippen molar-refractivity contribution in [3.8, 4) is 11.1 Å². The molecular weight excluding hydrogens is 709 g/mol. The summed E-state index contributed by atoms with van der Waals surface area (Å²) in [5.74, 6) is -0.163. The van der Waals surface area contributed by atoms with Crippen LogP contribution in [-0.4, -0.2) is 80.5 Å². The summed E-state index contributed by atoms with van der Waals surface area (Å²) in [7, 11) is 3.44. The van der Waals surface area contributed by atoms with Gasteiger partial charge < -0.3 is 30.4 Å². The third kappa shape index (κ3) is 6.94. The third-order valence-electron chi connectivity index (χ3n) is 13.3. The average Bonchev–Trinajstić information content (AvgIpc) is 3.99. The Bertz CT molecular complexity index is 2160. The zero-order valence-electron chi connectivity index (χ0n) is 33.0. The predicted octanol–water partition coefficient (Wildman–Crippen LogP) is 5.69. The van der Waals surface area contributed by atoms with Gasteiger partial charge in [0.25, 0.3) is 11.8 Å². The Balaban J connectivity index is 0.931. The van der Waals surface area contributed by atoms with Crippen molar-refractivity contribution in [2.75, 3.05) is 44.0 Å². The fraction of sp³-hybridized carbons (Fsp3) is 0.512. The first-order valence-corrected chi connectivity index (χ1v) is 20.1. The maximum atomic E-state index is 13.8. The van der Waals surface area contributed by atoms with Gasteiger partial charge in [-0.3, -0.25) is 24.0 Å². The molecule has 2 aromatic heterocycles. The molecule has 0 spiro atoms. The standard InChI is InChI=1S/C43H54N8O5/c1-27-29(8-5-10-31(27)46-39(53)34-24-37-33(44-19-23-52)12-7-20-51(37)48-34)30-9-6-11-32(28(30)2)47-40(54)38-45-35-25-50(21-13-36(35)49(38)3)22-18-42-14-16-43(26-42,17-15-42)41(55)56-4/h5-6,8-11,24,33,44,52H,7,12-23,25-26H2,1-4H3,(H,46,53)(H,47,54). The van der Waals surface area contributed by atoms with Crippen molar-refractivity contribution in [3.63, 3.8) is 0 Å². The molecule has 1 atom stereocenters. The molecule has 2 bridgehead atoms. The number of nitrogens with one attached hydrogen (secondary N) is 3. The van der Waals surface area contributed by atoms with E-state index in [0.29, 0.717) is 36.0 Å². The zero-order valence-corrected chi connectivity index (χ0v) is 33.0. The lowest BCUT2D eigenvalue weighted by Gasteiger charge is -2.32. The molecule has 4 aliphatic rings. The number of carbonyl (C=O) groups excluding carboxylic acids is 3. The van der Waals surface area contributed by atoms with Crippen LogP contribution in [0.25, 0.3) is 11.1 Å². The molecule has 8 rings (SSSR count). The van der Waals surface area contributed by atoms with Gasteiger partial charge in [-0.25, -0.2) is 4.98 Å². The highest BCUT2D eigenvalue weighted by Gasteiger charge is 2.58. The number of hydrogen-bond acceptors (Lipinski definition) is 9. The number of aliphatic hydroxyl groups is 1. The molecular formula is C43H54N8O5. The number of methoxy groups -OCH3 is 1. The minimum atomic E-state index is -0.277. The van der Waals surface area contributed by atoms with Crippen molar-refractivity contribution in [1.29, 1.82) is 0 Å². The maximum absolute atomic E-state index is 13.8. The summed E-state index contributed by atoms with van der Waals surface area (Å²) in [5.41, 5.74) is 8.45. The van der Waals surface area contributed by atoms with Gasteiger partial charge in [-0.05, 0) is 118 Å². The lowest BCUT2D eigenvalue weighted by molar-refractivity contribution is -0.152. The zero-order chi connectivity index (χ0) is 39.2. The number of imidazole rings is 1. The number of rotatable bonds is 12. The smallest absolute Gasteiger partial charge is 0.311 e. The SMILES string of the molecule is COC(=O)C12CCC(CCN3CCc4c(nc(C(=O)Nc5cccc(-c6cccc(NC(=O)c7cc8n(n7)CCCC8NCCO)c6C)c5C)n4C)C3)(CC1)C2. The predicted molar refractivity (Wildman–Crippen MR) is 213 cm³/mol. The van der Waals surface area contributed by atoms with Gasteiger partial charge >= 0.3 is 5.97 Å². The van der Waals surface area contributed by atoms with Gasteiger partial charge in [-0.15, -0.1) is 0 Å². The van der Waals surface area contributed by atoms with Gasteiger partial charge in [-0.2, -0.15) is 5.10 Å². The van der Waals surface area contributed by atoms with Crippen molar-refractivity contribution in [1.82, 2.24) is 29.5 Å². The van der Waals surface area contributed by atoms with Crippen molar-refractivity contribution >= 4 is 29.2 Å². The Morgan fingerprint density at radius 2 is 1.66 bits per heavy atom. The number of anilines is 2. The number of aryl methyl sites for hydroxylation is 1. The maximum Gasteiger partial charge on any atom is 0.311 e. The number of benzene rings is 2. The molecule has 2 fully saturated rings. The first-order valence-electron chi connectivity index (χ1n) is 20.1. The molecule has 13 nitrogen and oxygen atoms in total. The molecule has 0 radical (unpaired) electrons. The molecule has 4 heterocycles. The number of carbonyl (C=O) groups is 3. The highest BCUT2D eigenvalue weighted by atomic mass is 16.5. The summed E-state index contributed by atoms with van der Waals surface area (Å²) >= 11 is 0. The van der Waals surface area contributed by atoms with Crippen LogP contribution < -0.4 is 16.0 Å². The second-order valence-corrected chi connectivity index (χ2v) is 16.5. The molecule has 2 saturated carbocycles. The summed E-state index contributed by atoms with van der Waals surface area (Å²) in [6.07, 6.45) is 8.80. The number of aromatic nitrogens is 4. The Morgan fingerprint density at radius 1 is 0.964 bits per heavy atom. The lowest BCUT2D eigenvalue weighted by atomic mass is 9.80. The highest BCUT2D eigenvalue weighted by Crippen LogP contribution is 2.63.